The van der Waals surface area contributed by atoms with Crippen LogP contribution in [0.1, 0.15) is 16.1 Å². The molecule has 2 rings (SSSR count). The molecule has 0 bridgehead atoms. The first kappa shape index (κ1) is 12.6. The van der Waals surface area contributed by atoms with Crippen LogP contribution in [0.2, 0.25) is 0 Å². The van der Waals surface area contributed by atoms with Gasteiger partial charge in [-0.3, -0.25) is 9.89 Å². The van der Waals surface area contributed by atoms with E-state index in [4.69, 9.17) is 5.11 Å². The van der Waals surface area contributed by atoms with Crippen LogP contribution in [0, 0.1) is 5.82 Å². The van der Waals surface area contributed by atoms with E-state index in [1.165, 1.54) is 18.2 Å². The summed E-state index contributed by atoms with van der Waals surface area (Å²) in [5, 5.41) is 17.9. The highest BCUT2D eigenvalue weighted by atomic mass is 79.9. The van der Waals surface area contributed by atoms with Crippen LogP contribution in [0.15, 0.2) is 28.9 Å². The Morgan fingerprint density at radius 2 is 2.28 bits per heavy atom. The maximum absolute atomic E-state index is 13.4. The first-order valence-corrected chi connectivity index (χ1v) is 5.82. The summed E-state index contributed by atoms with van der Waals surface area (Å²) in [6, 6.07) is 5.27. The molecule has 0 saturated carbocycles. The van der Waals surface area contributed by atoms with E-state index < -0.39 is 11.7 Å². The fourth-order valence-electron chi connectivity index (χ4n) is 1.36. The third kappa shape index (κ3) is 2.86. The Morgan fingerprint density at radius 1 is 1.50 bits per heavy atom. The number of carbonyl (C=O) groups excluding carboxylic acids is 1. The van der Waals surface area contributed by atoms with E-state index in [0.29, 0.717) is 4.60 Å². The number of aromatic hydroxyl groups is 1. The Balaban J connectivity index is 2.01. The lowest BCUT2D eigenvalue weighted by molar-refractivity contribution is 0.0945. The van der Waals surface area contributed by atoms with Crippen LogP contribution in [0.25, 0.3) is 0 Å². The van der Waals surface area contributed by atoms with Gasteiger partial charge in [0.15, 0.2) is 5.69 Å². The molecule has 1 aromatic carbocycles. The molecule has 3 N–H and O–H groups in total. The molecule has 5 nitrogen and oxygen atoms in total. The van der Waals surface area contributed by atoms with Gasteiger partial charge in [-0.05, 0) is 22.0 Å². The van der Waals surface area contributed by atoms with Crippen molar-refractivity contribution < 1.29 is 14.3 Å². The summed E-state index contributed by atoms with van der Waals surface area (Å²) in [6.07, 6.45) is 0. The van der Waals surface area contributed by atoms with Gasteiger partial charge in [-0.25, -0.2) is 4.39 Å². The van der Waals surface area contributed by atoms with Crippen molar-refractivity contribution in [1.82, 2.24) is 15.5 Å². The second-order valence-corrected chi connectivity index (χ2v) is 4.41. The number of hydrogen-bond donors (Lipinski definition) is 3. The predicted molar refractivity (Wildman–Crippen MR) is 65.5 cm³/mol. The summed E-state index contributed by atoms with van der Waals surface area (Å²) in [5.41, 5.74) is 0.497. The minimum absolute atomic E-state index is 0.0232. The highest BCUT2D eigenvalue weighted by Crippen LogP contribution is 2.15. The molecule has 0 radical (unpaired) electrons. The van der Waals surface area contributed by atoms with Gasteiger partial charge >= 0.3 is 0 Å². The van der Waals surface area contributed by atoms with Gasteiger partial charge < -0.3 is 10.4 Å². The SMILES string of the molecule is O=C(NCc1ccc(O)cc1F)c1cc(Br)[nH]n1. The van der Waals surface area contributed by atoms with Crippen molar-refractivity contribution in [2.45, 2.75) is 6.54 Å². The van der Waals surface area contributed by atoms with Gasteiger partial charge in [0.2, 0.25) is 0 Å². The predicted octanol–water partition coefficient (Wildman–Crippen LogP) is 1.95. The maximum atomic E-state index is 13.4. The molecular formula is C11H9BrFN3O2. The fourth-order valence-corrected chi connectivity index (χ4v) is 1.67. The highest BCUT2D eigenvalue weighted by Gasteiger charge is 2.10. The number of rotatable bonds is 3. The van der Waals surface area contributed by atoms with Crippen LogP contribution in [0.3, 0.4) is 0 Å². The molecule has 0 atom stereocenters. The van der Waals surface area contributed by atoms with Crippen molar-refractivity contribution in [3.8, 4) is 5.75 Å². The van der Waals surface area contributed by atoms with Crippen molar-refractivity contribution in [2.75, 3.05) is 0 Å². The number of halogens is 2. The molecule has 2 aromatic rings. The topological polar surface area (TPSA) is 78.0 Å². The standard InChI is InChI=1S/C11H9BrFN3O2/c12-10-4-9(15-16-10)11(18)14-5-6-1-2-7(17)3-8(6)13/h1-4,17H,5H2,(H,14,18)(H,15,16). The number of hydrogen-bond acceptors (Lipinski definition) is 3. The zero-order valence-corrected chi connectivity index (χ0v) is 10.7. The summed E-state index contributed by atoms with van der Waals surface area (Å²) < 4.78 is 14.0. The molecule has 0 unspecified atom stereocenters. The van der Waals surface area contributed by atoms with Gasteiger partial charge in [-0.2, -0.15) is 5.10 Å². The number of phenols is 1. The van der Waals surface area contributed by atoms with E-state index in [9.17, 15) is 9.18 Å². The Kier molecular flexibility index (Phi) is 3.61. The molecule has 18 heavy (non-hydrogen) atoms. The van der Waals surface area contributed by atoms with E-state index in [2.05, 4.69) is 31.4 Å². The maximum Gasteiger partial charge on any atom is 0.272 e. The van der Waals surface area contributed by atoms with Crippen molar-refractivity contribution in [3.05, 3.63) is 45.9 Å². The molecule has 0 spiro atoms. The summed E-state index contributed by atoms with van der Waals surface area (Å²) in [6.45, 7) is 0.0232. The van der Waals surface area contributed by atoms with Crippen LogP contribution in [-0.2, 0) is 6.54 Å². The minimum atomic E-state index is -0.571. The van der Waals surface area contributed by atoms with Crippen LogP contribution < -0.4 is 5.32 Å². The Bertz CT molecular complexity index is 585. The van der Waals surface area contributed by atoms with Crippen LogP contribution in [0.4, 0.5) is 4.39 Å². The van der Waals surface area contributed by atoms with E-state index in [1.54, 1.807) is 0 Å². The Labute approximate surface area is 110 Å². The van der Waals surface area contributed by atoms with Gasteiger partial charge in [0.1, 0.15) is 16.2 Å². The molecule has 0 aliphatic heterocycles. The molecule has 7 heteroatoms. The van der Waals surface area contributed by atoms with Crippen molar-refractivity contribution >= 4 is 21.8 Å². The summed E-state index contributed by atoms with van der Waals surface area (Å²) in [4.78, 5) is 11.6. The molecule has 94 valence electrons. The quantitative estimate of drug-likeness (QED) is 0.810. The number of amides is 1. The second kappa shape index (κ2) is 5.18. The minimum Gasteiger partial charge on any atom is -0.508 e. The largest absolute Gasteiger partial charge is 0.508 e. The van der Waals surface area contributed by atoms with Crippen molar-refractivity contribution in [2.24, 2.45) is 0 Å². The normalized spacial score (nSPS) is 10.3. The van der Waals surface area contributed by atoms with Crippen LogP contribution in [0.5, 0.6) is 5.75 Å². The van der Waals surface area contributed by atoms with Gasteiger partial charge in [-0.15, -0.1) is 0 Å². The number of aromatic nitrogens is 2. The summed E-state index contributed by atoms with van der Waals surface area (Å²) >= 11 is 3.13. The summed E-state index contributed by atoms with van der Waals surface area (Å²) in [7, 11) is 0. The number of carbonyl (C=O) groups is 1. The van der Waals surface area contributed by atoms with Gasteiger partial charge in [0.05, 0.1) is 0 Å². The van der Waals surface area contributed by atoms with E-state index in [0.717, 1.165) is 6.07 Å². The zero-order chi connectivity index (χ0) is 13.1. The molecular weight excluding hydrogens is 305 g/mol. The molecule has 1 amide bonds. The Morgan fingerprint density at radius 3 is 2.89 bits per heavy atom. The first-order valence-electron chi connectivity index (χ1n) is 5.03. The van der Waals surface area contributed by atoms with Crippen molar-refractivity contribution in [1.29, 1.82) is 0 Å². The van der Waals surface area contributed by atoms with E-state index in [-0.39, 0.29) is 23.6 Å². The molecule has 0 fully saturated rings. The van der Waals surface area contributed by atoms with Crippen molar-refractivity contribution in [3.63, 3.8) is 0 Å². The number of nitrogens with zero attached hydrogens (tertiary/aromatic N) is 1. The molecule has 0 aliphatic rings. The lowest BCUT2D eigenvalue weighted by Crippen LogP contribution is -2.23. The number of benzene rings is 1. The molecule has 0 saturated heterocycles. The van der Waals surface area contributed by atoms with E-state index >= 15 is 0 Å². The highest BCUT2D eigenvalue weighted by molar-refractivity contribution is 9.10. The molecule has 0 aliphatic carbocycles. The monoisotopic (exact) mass is 313 g/mol. The lowest BCUT2D eigenvalue weighted by Gasteiger charge is -2.05. The van der Waals surface area contributed by atoms with Crippen LogP contribution >= 0.6 is 15.9 Å². The second-order valence-electron chi connectivity index (χ2n) is 3.56. The van der Waals surface area contributed by atoms with E-state index in [1.807, 2.05) is 0 Å². The zero-order valence-electron chi connectivity index (χ0n) is 9.08. The average Bonchev–Trinajstić information content (AvgIpc) is 2.74. The molecule has 1 heterocycles. The van der Waals surface area contributed by atoms with Crippen LogP contribution in [-0.4, -0.2) is 21.2 Å². The number of H-pyrrole nitrogens is 1. The third-order valence-corrected chi connectivity index (χ3v) is 2.66. The number of aromatic amines is 1. The smallest absolute Gasteiger partial charge is 0.272 e. The van der Waals surface area contributed by atoms with Gasteiger partial charge in [0, 0.05) is 24.2 Å². The number of phenolic OH excluding ortho intramolecular Hbond substituents is 1. The summed E-state index contributed by atoms with van der Waals surface area (Å²) in [5.74, 6) is -1.14. The fraction of sp³-hybridized carbons (Fsp3) is 0.0909. The lowest BCUT2D eigenvalue weighted by atomic mass is 10.2. The third-order valence-electron chi connectivity index (χ3n) is 2.26. The first-order chi connectivity index (χ1) is 8.56. The Hall–Kier alpha value is -1.89. The average molecular weight is 314 g/mol. The molecule has 1 aromatic heterocycles. The number of nitrogens with one attached hydrogen (secondary N) is 2. The van der Waals surface area contributed by atoms with Gasteiger partial charge in [-0.1, -0.05) is 6.07 Å². The van der Waals surface area contributed by atoms with Gasteiger partial charge in [0.25, 0.3) is 5.91 Å².